The SMILES string of the molecule is [C-]#N.[C-]#N.[C-]#N.[C-]#N.[C-]#N.[C-]#N.[Fe+2].[Fe+2].[Mn+2]. The van der Waals surface area contributed by atoms with Crippen LogP contribution >= 0.6 is 0 Å². The van der Waals surface area contributed by atoms with Gasteiger partial charge in [-0.05, 0) is 0 Å². The van der Waals surface area contributed by atoms with Crippen LogP contribution in [0.4, 0.5) is 0 Å². The van der Waals surface area contributed by atoms with Crippen molar-refractivity contribution in [3.8, 4) is 0 Å². The van der Waals surface area contributed by atoms with Gasteiger partial charge in [0.2, 0.25) is 0 Å². The zero-order valence-electron chi connectivity index (χ0n) is 6.77. The average Bonchev–Trinajstić information content (AvgIpc) is 2.33. The molecule has 9 heteroatoms. The number of rotatable bonds is 0. The Hall–Kier alpha value is -1.50. The number of hydrogen-bond donors (Lipinski definition) is 0. The van der Waals surface area contributed by atoms with E-state index in [1.807, 2.05) is 0 Å². The molecule has 0 aliphatic heterocycles. The van der Waals surface area contributed by atoms with Gasteiger partial charge in [-0.3, -0.25) is 0 Å². The van der Waals surface area contributed by atoms with Gasteiger partial charge in [0.25, 0.3) is 0 Å². The maximum absolute atomic E-state index is 6.25. The maximum atomic E-state index is 6.25. The van der Waals surface area contributed by atoms with Crippen molar-refractivity contribution in [1.82, 2.24) is 0 Å². The molecule has 0 aliphatic carbocycles. The zero-order valence-corrected chi connectivity index (χ0v) is 10.2. The Morgan fingerprint density at radius 1 is 0.333 bits per heavy atom. The molecule has 0 rings (SSSR count). The molecule has 0 bridgehead atoms. The van der Waals surface area contributed by atoms with E-state index in [1.165, 1.54) is 0 Å². The van der Waals surface area contributed by atoms with Gasteiger partial charge in [-0.1, -0.05) is 0 Å². The molecule has 0 unspecified atom stereocenters. The fraction of sp³-hybridized carbons (Fsp3) is 0. The fourth-order valence-corrected chi connectivity index (χ4v) is 0. The van der Waals surface area contributed by atoms with Crippen molar-refractivity contribution in [2.45, 2.75) is 0 Å². The van der Waals surface area contributed by atoms with Crippen LogP contribution < -0.4 is 0 Å². The standard InChI is InChI=1S/6CN.2Fe.Mn/c6*1-2;;;/q6*-1;3*+2. The number of nitrogens with zero attached hydrogens (tertiary/aromatic N) is 6. The van der Waals surface area contributed by atoms with E-state index in [9.17, 15) is 0 Å². The molecule has 0 atom stereocenters. The van der Waals surface area contributed by atoms with Gasteiger partial charge in [-0.2, -0.15) is 0 Å². The molecular formula is C6Fe2MnN6. The molecule has 6 nitrogen and oxygen atoms in total. The molecule has 1 radical (unpaired) electrons. The van der Waals surface area contributed by atoms with E-state index < -0.39 is 0 Å². The quantitative estimate of drug-likeness (QED) is 0.471. The molecule has 0 aromatic heterocycles. The van der Waals surface area contributed by atoms with Crippen LogP contribution in [0.5, 0.6) is 0 Å². The van der Waals surface area contributed by atoms with E-state index in [4.69, 9.17) is 71.0 Å². The minimum absolute atomic E-state index is 0. The van der Waals surface area contributed by atoms with Gasteiger partial charge in [0.05, 0.1) is 0 Å². The van der Waals surface area contributed by atoms with Crippen LogP contribution in [0.2, 0.25) is 0 Å². The van der Waals surface area contributed by atoms with Gasteiger partial charge in [0.1, 0.15) is 0 Å². The smallest absolute Gasteiger partial charge is 0.512 e. The van der Waals surface area contributed by atoms with Crippen molar-refractivity contribution in [1.29, 1.82) is 31.6 Å². The summed E-state index contributed by atoms with van der Waals surface area (Å²) in [6, 6.07) is 0. The minimum Gasteiger partial charge on any atom is -0.512 e. The molecule has 0 aromatic rings. The molecule has 0 spiro atoms. The van der Waals surface area contributed by atoms with Crippen LogP contribution in [-0.4, -0.2) is 0 Å². The van der Waals surface area contributed by atoms with Crippen LogP contribution in [0.25, 0.3) is 0 Å². The van der Waals surface area contributed by atoms with Crippen molar-refractivity contribution >= 4 is 0 Å². The van der Waals surface area contributed by atoms with Crippen molar-refractivity contribution in [2.75, 3.05) is 0 Å². The Balaban J connectivity index is -0.00000000396. The Bertz CT molecular complexity index is 101. The predicted octanol–water partition coefficient (Wildman–Crippen LogP) is 0.571. The van der Waals surface area contributed by atoms with Crippen molar-refractivity contribution in [2.24, 2.45) is 0 Å². The molecule has 0 aliphatic rings. The second-order valence-corrected chi connectivity index (χ2v) is 0. The molecule has 0 heterocycles. The molecule has 0 fully saturated rings. The molecule has 0 N–H and O–H groups in total. The van der Waals surface area contributed by atoms with Crippen LogP contribution in [0.15, 0.2) is 0 Å². The van der Waals surface area contributed by atoms with Gasteiger partial charge in [-0.25, -0.2) is 0 Å². The van der Waals surface area contributed by atoms with E-state index >= 15 is 0 Å². The molecule has 77 valence electrons. The van der Waals surface area contributed by atoms with Crippen molar-refractivity contribution < 1.29 is 51.2 Å². The summed E-state index contributed by atoms with van der Waals surface area (Å²) in [5.74, 6) is 0. The monoisotopic (exact) mass is 323 g/mol. The summed E-state index contributed by atoms with van der Waals surface area (Å²) < 4.78 is 0. The van der Waals surface area contributed by atoms with Crippen LogP contribution in [0.3, 0.4) is 0 Å². The third-order valence-electron chi connectivity index (χ3n) is 0. The molecule has 0 aromatic carbocycles. The second-order valence-electron chi connectivity index (χ2n) is 0. The summed E-state index contributed by atoms with van der Waals surface area (Å²) in [5, 5.41) is 37.5. The first-order chi connectivity index (χ1) is 6.00. The molecule has 0 amide bonds. The summed E-state index contributed by atoms with van der Waals surface area (Å²) in [5.41, 5.74) is 0. The molecule has 15 heavy (non-hydrogen) atoms. The van der Waals surface area contributed by atoms with E-state index in [0.29, 0.717) is 0 Å². The summed E-state index contributed by atoms with van der Waals surface area (Å²) in [6.07, 6.45) is 0. The van der Waals surface area contributed by atoms with Gasteiger partial charge in [0, 0.05) is 0 Å². The van der Waals surface area contributed by atoms with E-state index in [-0.39, 0.29) is 51.2 Å². The van der Waals surface area contributed by atoms with Crippen molar-refractivity contribution in [3.63, 3.8) is 0 Å². The predicted molar refractivity (Wildman–Crippen MR) is 29.8 cm³/mol. The van der Waals surface area contributed by atoms with Crippen LogP contribution in [-0.2, 0) is 51.2 Å². The maximum Gasteiger partial charge on any atom is 2.00 e. The fourth-order valence-electron chi connectivity index (χ4n) is 0. The first kappa shape index (κ1) is 104. The molecule has 0 saturated heterocycles. The largest absolute Gasteiger partial charge is 2.00 e. The third-order valence-corrected chi connectivity index (χ3v) is 0. The summed E-state index contributed by atoms with van der Waals surface area (Å²) in [7, 11) is 0. The summed E-state index contributed by atoms with van der Waals surface area (Å²) in [6.45, 7) is 28.5. The first-order valence-corrected chi connectivity index (χ1v) is 1.34. The van der Waals surface area contributed by atoms with Crippen LogP contribution in [0, 0.1) is 71.0 Å². The summed E-state index contributed by atoms with van der Waals surface area (Å²) >= 11 is 0. The minimum atomic E-state index is 0. The Kier molecular flexibility index (Phi) is 5090. The first-order valence-electron chi connectivity index (χ1n) is 1.34. The second kappa shape index (κ2) is 733. The van der Waals surface area contributed by atoms with Crippen LogP contribution in [0.1, 0.15) is 0 Å². The van der Waals surface area contributed by atoms with E-state index in [1.54, 1.807) is 0 Å². The Labute approximate surface area is 122 Å². The van der Waals surface area contributed by atoms with Gasteiger partial charge < -0.3 is 71.0 Å². The number of hydrogen-bond acceptors (Lipinski definition) is 6. The molecule has 0 saturated carbocycles. The van der Waals surface area contributed by atoms with E-state index in [2.05, 4.69) is 0 Å². The Morgan fingerprint density at radius 3 is 0.333 bits per heavy atom. The topological polar surface area (TPSA) is 143 Å². The van der Waals surface area contributed by atoms with Crippen molar-refractivity contribution in [3.05, 3.63) is 39.4 Å². The average molecular weight is 323 g/mol. The van der Waals surface area contributed by atoms with Gasteiger partial charge in [0.15, 0.2) is 0 Å². The zero-order chi connectivity index (χ0) is 12.0. The summed E-state index contributed by atoms with van der Waals surface area (Å²) in [4.78, 5) is 0. The Morgan fingerprint density at radius 2 is 0.333 bits per heavy atom. The van der Waals surface area contributed by atoms with Gasteiger partial charge in [-0.15, -0.1) is 0 Å². The molecular weight excluding hydrogens is 323 g/mol. The third kappa shape index (κ3) is 611. The van der Waals surface area contributed by atoms with Gasteiger partial charge >= 0.3 is 51.2 Å². The normalized spacial score (nSPS) is 0.800. The van der Waals surface area contributed by atoms with E-state index in [0.717, 1.165) is 0 Å².